The molecule has 1 unspecified atom stereocenters. The number of carbonyl (C=O) groups excluding carboxylic acids is 1. The third-order valence-electron chi connectivity index (χ3n) is 4.39. The fraction of sp³-hybridized carbons (Fsp3) is 0.381. The van der Waals surface area contributed by atoms with E-state index in [0.29, 0.717) is 6.54 Å². The van der Waals surface area contributed by atoms with E-state index in [4.69, 9.17) is 0 Å². The number of nitrogens with one attached hydrogen (secondary N) is 2. The van der Waals surface area contributed by atoms with Crippen molar-refractivity contribution in [2.75, 3.05) is 19.8 Å². The summed E-state index contributed by atoms with van der Waals surface area (Å²) in [5.74, 6) is 0.0882. The number of likely N-dealkylation sites (N-methyl/N-ethyl adjacent to an activating group) is 1. The molecule has 0 aliphatic carbocycles. The first kappa shape index (κ1) is 19.5. The Kier molecular flexibility index (Phi) is 7.53. The minimum absolute atomic E-state index is 0.0343. The van der Waals surface area contributed by atoms with E-state index in [2.05, 4.69) is 74.1 Å². The van der Waals surface area contributed by atoms with Crippen molar-refractivity contribution < 1.29 is 9.69 Å². The maximum absolute atomic E-state index is 12.3. The average molecular weight is 358 g/mol. The molecule has 1 amide bonds. The van der Waals surface area contributed by atoms with Gasteiger partial charge < -0.3 is 10.2 Å². The first-order valence-corrected chi connectivity index (χ1v) is 10.1. The summed E-state index contributed by atoms with van der Waals surface area (Å²) in [7, 11) is 2.06. The SMILES string of the molecule is CCc1ccc([C@H](C)NC(=O)C[NH+](C)Cc2ccc(SC)cc2)cc1. The van der Waals surface area contributed by atoms with Crippen LogP contribution in [0, 0.1) is 0 Å². The first-order valence-electron chi connectivity index (χ1n) is 8.84. The monoisotopic (exact) mass is 357 g/mol. The van der Waals surface area contributed by atoms with Crippen LogP contribution >= 0.6 is 11.8 Å². The molecule has 25 heavy (non-hydrogen) atoms. The highest BCUT2D eigenvalue weighted by molar-refractivity contribution is 7.98. The second-order valence-corrected chi connectivity index (χ2v) is 7.42. The van der Waals surface area contributed by atoms with Crippen LogP contribution in [-0.2, 0) is 17.8 Å². The topological polar surface area (TPSA) is 33.5 Å². The lowest BCUT2D eigenvalue weighted by atomic mass is 10.1. The van der Waals surface area contributed by atoms with Crippen molar-refractivity contribution in [2.45, 2.75) is 37.8 Å². The van der Waals surface area contributed by atoms with E-state index in [1.54, 1.807) is 11.8 Å². The Balaban J connectivity index is 1.83. The molecule has 4 heteroatoms. The minimum Gasteiger partial charge on any atom is -0.345 e. The minimum atomic E-state index is 0.0343. The number of thioether (sulfide) groups is 1. The molecule has 0 aromatic heterocycles. The summed E-state index contributed by atoms with van der Waals surface area (Å²) in [5, 5.41) is 3.11. The average Bonchev–Trinajstić information content (AvgIpc) is 2.62. The standard InChI is InChI=1S/C21H28N2OS/c1-5-17-6-10-19(11-7-17)16(2)22-21(24)15-23(3)14-18-8-12-20(25-4)13-9-18/h6-13,16H,5,14-15H2,1-4H3,(H,22,24)/p+1/t16-/m0/s1. The molecular weight excluding hydrogens is 328 g/mol. The zero-order chi connectivity index (χ0) is 18.2. The summed E-state index contributed by atoms with van der Waals surface area (Å²) >= 11 is 1.74. The third kappa shape index (κ3) is 6.22. The van der Waals surface area contributed by atoms with Crippen molar-refractivity contribution in [3.05, 3.63) is 65.2 Å². The van der Waals surface area contributed by atoms with Crippen LogP contribution in [0.15, 0.2) is 53.4 Å². The summed E-state index contributed by atoms with van der Waals surface area (Å²) in [5.41, 5.74) is 3.72. The van der Waals surface area contributed by atoms with Crippen molar-refractivity contribution in [1.29, 1.82) is 0 Å². The first-order chi connectivity index (χ1) is 12.0. The summed E-state index contributed by atoms with van der Waals surface area (Å²) in [6, 6.07) is 17.1. The fourth-order valence-corrected chi connectivity index (χ4v) is 3.25. The molecular formula is C21H29N2OS+. The summed E-state index contributed by atoms with van der Waals surface area (Å²) in [6.07, 6.45) is 3.11. The van der Waals surface area contributed by atoms with Crippen molar-refractivity contribution in [3.8, 4) is 0 Å². The van der Waals surface area contributed by atoms with Crippen LogP contribution in [0.1, 0.15) is 36.6 Å². The Hall–Kier alpha value is -1.78. The predicted octanol–water partition coefficient (Wildman–Crippen LogP) is 2.86. The largest absolute Gasteiger partial charge is 0.345 e. The summed E-state index contributed by atoms with van der Waals surface area (Å²) < 4.78 is 0. The molecule has 2 aromatic carbocycles. The molecule has 2 N–H and O–H groups in total. The molecule has 134 valence electrons. The van der Waals surface area contributed by atoms with Crippen molar-refractivity contribution >= 4 is 17.7 Å². The third-order valence-corrected chi connectivity index (χ3v) is 5.14. The van der Waals surface area contributed by atoms with Crippen molar-refractivity contribution in [3.63, 3.8) is 0 Å². The molecule has 0 fully saturated rings. The molecule has 0 bridgehead atoms. The van der Waals surface area contributed by atoms with Crippen LogP contribution in [0.3, 0.4) is 0 Å². The van der Waals surface area contributed by atoms with Gasteiger partial charge in [-0.1, -0.05) is 43.3 Å². The van der Waals surface area contributed by atoms with Crippen LogP contribution in [-0.4, -0.2) is 25.8 Å². The zero-order valence-electron chi connectivity index (χ0n) is 15.6. The van der Waals surface area contributed by atoms with Gasteiger partial charge in [0.15, 0.2) is 6.54 Å². The van der Waals surface area contributed by atoms with Crippen molar-refractivity contribution in [2.24, 2.45) is 0 Å². The molecule has 0 radical (unpaired) electrons. The highest BCUT2D eigenvalue weighted by Gasteiger charge is 2.14. The maximum Gasteiger partial charge on any atom is 0.275 e. The second kappa shape index (κ2) is 9.64. The number of benzene rings is 2. The fourth-order valence-electron chi connectivity index (χ4n) is 2.85. The number of hydrogen-bond acceptors (Lipinski definition) is 2. The predicted molar refractivity (Wildman–Crippen MR) is 106 cm³/mol. The van der Waals surface area contributed by atoms with E-state index < -0.39 is 0 Å². The van der Waals surface area contributed by atoms with Gasteiger partial charge in [-0.05, 0) is 42.9 Å². The Bertz CT molecular complexity index is 667. The van der Waals surface area contributed by atoms with Crippen LogP contribution in [0.25, 0.3) is 0 Å². The van der Waals surface area contributed by atoms with Gasteiger partial charge in [-0.2, -0.15) is 0 Å². The van der Waals surface area contributed by atoms with E-state index in [9.17, 15) is 4.79 Å². The van der Waals surface area contributed by atoms with Crippen LogP contribution in [0.5, 0.6) is 0 Å². The van der Waals surface area contributed by atoms with Gasteiger partial charge in [0.25, 0.3) is 5.91 Å². The van der Waals surface area contributed by atoms with Gasteiger partial charge >= 0.3 is 0 Å². The summed E-state index contributed by atoms with van der Waals surface area (Å²) in [4.78, 5) is 14.8. The van der Waals surface area contributed by atoms with E-state index in [0.717, 1.165) is 18.5 Å². The highest BCUT2D eigenvalue weighted by Crippen LogP contribution is 2.14. The Morgan fingerprint density at radius 3 is 2.24 bits per heavy atom. The molecule has 0 spiro atoms. The molecule has 0 heterocycles. The maximum atomic E-state index is 12.3. The molecule has 0 saturated heterocycles. The highest BCUT2D eigenvalue weighted by atomic mass is 32.2. The number of amides is 1. The van der Waals surface area contributed by atoms with Crippen molar-refractivity contribution in [1.82, 2.24) is 5.32 Å². The van der Waals surface area contributed by atoms with Gasteiger partial charge in [0, 0.05) is 10.5 Å². The molecule has 2 aromatic rings. The number of quaternary nitrogens is 1. The Morgan fingerprint density at radius 2 is 1.68 bits per heavy atom. The van der Waals surface area contributed by atoms with Gasteiger partial charge in [0.2, 0.25) is 0 Å². The number of aryl methyl sites for hydroxylation is 1. The van der Waals surface area contributed by atoms with Crippen LogP contribution in [0.2, 0.25) is 0 Å². The van der Waals surface area contributed by atoms with Gasteiger partial charge in [0.1, 0.15) is 6.54 Å². The lowest BCUT2D eigenvalue weighted by Gasteiger charge is -2.18. The number of carbonyl (C=O) groups is 1. The number of rotatable bonds is 8. The van der Waals surface area contributed by atoms with Crippen LogP contribution in [0.4, 0.5) is 0 Å². The van der Waals surface area contributed by atoms with Gasteiger partial charge in [-0.25, -0.2) is 0 Å². The van der Waals surface area contributed by atoms with Gasteiger partial charge in [0.05, 0.1) is 13.1 Å². The Labute approximate surface area is 155 Å². The van der Waals surface area contributed by atoms with E-state index >= 15 is 0 Å². The summed E-state index contributed by atoms with van der Waals surface area (Å²) in [6.45, 7) is 5.51. The quantitative estimate of drug-likeness (QED) is 0.712. The second-order valence-electron chi connectivity index (χ2n) is 6.54. The smallest absolute Gasteiger partial charge is 0.275 e. The van der Waals surface area contributed by atoms with E-state index in [1.807, 2.05) is 6.92 Å². The molecule has 0 aliphatic heterocycles. The lowest BCUT2D eigenvalue weighted by molar-refractivity contribution is -0.885. The zero-order valence-corrected chi connectivity index (χ0v) is 16.5. The molecule has 0 aliphatic rings. The number of hydrogen-bond donors (Lipinski definition) is 2. The van der Waals surface area contributed by atoms with Gasteiger partial charge in [-0.15, -0.1) is 11.8 Å². The van der Waals surface area contributed by atoms with E-state index in [-0.39, 0.29) is 11.9 Å². The normalized spacial score (nSPS) is 13.3. The molecule has 3 nitrogen and oxygen atoms in total. The molecule has 0 saturated carbocycles. The molecule has 2 atom stereocenters. The van der Waals surface area contributed by atoms with Crippen LogP contribution < -0.4 is 10.2 Å². The molecule has 2 rings (SSSR count). The Morgan fingerprint density at radius 1 is 1.08 bits per heavy atom. The van der Waals surface area contributed by atoms with Gasteiger partial charge in [-0.3, -0.25) is 4.79 Å². The van der Waals surface area contributed by atoms with E-state index in [1.165, 1.54) is 20.9 Å². The lowest BCUT2D eigenvalue weighted by Crippen LogP contribution is -3.08.